The first-order valence-electron chi connectivity index (χ1n) is 9.67. The van der Waals surface area contributed by atoms with Crippen LogP contribution in [0, 0.1) is 13.8 Å². The van der Waals surface area contributed by atoms with Crippen molar-refractivity contribution in [3.05, 3.63) is 45.4 Å². The monoisotopic (exact) mass is 560 g/mol. The Labute approximate surface area is 193 Å². The molecule has 0 spiro atoms. The molecule has 1 heterocycles. The molecule has 1 saturated carbocycles. The summed E-state index contributed by atoms with van der Waals surface area (Å²) in [6, 6.07) is 6.83. The van der Waals surface area contributed by atoms with Crippen molar-refractivity contribution < 1.29 is 0 Å². The van der Waals surface area contributed by atoms with Gasteiger partial charge in [0.2, 0.25) is 0 Å². The summed E-state index contributed by atoms with van der Waals surface area (Å²) in [7, 11) is 1.99. The third kappa shape index (κ3) is 6.43. The Morgan fingerprint density at radius 2 is 1.96 bits per heavy atom. The molecule has 6 nitrogen and oxygen atoms in total. The van der Waals surface area contributed by atoms with Crippen LogP contribution in [-0.2, 0) is 20.1 Å². The van der Waals surface area contributed by atoms with E-state index in [-0.39, 0.29) is 24.0 Å². The lowest BCUT2D eigenvalue weighted by atomic mass is 9.96. The number of aliphatic imine (C=N–C) groups is 1. The topological polar surface area (TPSA) is 67.1 Å². The smallest absolute Gasteiger partial charge is 0.192 e. The van der Waals surface area contributed by atoms with Gasteiger partial charge in [-0.1, -0.05) is 41.3 Å². The van der Waals surface area contributed by atoms with Crippen molar-refractivity contribution in [1.82, 2.24) is 25.4 Å². The van der Waals surface area contributed by atoms with E-state index >= 15 is 0 Å². The van der Waals surface area contributed by atoms with Crippen molar-refractivity contribution in [3.8, 4) is 0 Å². The Kier molecular flexibility index (Phi) is 9.20. The van der Waals surface area contributed by atoms with Crippen LogP contribution in [0.5, 0.6) is 0 Å². The van der Waals surface area contributed by atoms with E-state index in [9.17, 15) is 0 Å². The second kappa shape index (κ2) is 11.1. The number of aryl methyl sites for hydroxylation is 2. The lowest BCUT2D eigenvalue weighted by Gasteiger charge is -2.25. The Morgan fingerprint density at radius 1 is 1.21 bits per heavy atom. The van der Waals surface area contributed by atoms with Gasteiger partial charge in [-0.05, 0) is 49.9 Å². The third-order valence-corrected chi connectivity index (χ3v) is 5.75. The quantitative estimate of drug-likeness (QED) is 0.323. The number of nitrogens with one attached hydrogen (secondary N) is 2. The molecule has 0 radical (unpaired) electrons. The first kappa shape index (κ1) is 23.1. The van der Waals surface area contributed by atoms with Gasteiger partial charge in [0.15, 0.2) is 11.8 Å². The largest absolute Gasteiger partial charge is 0.354 e. The van der Waals surface area contributed by atoms with Crippen molar-refractivity contribution in [2.24, 2.45) is 12.0 Å². The predicted molar refractivity (Wildman–Crippen MR) is 128 cm³/mol. The Morgan fingerprint density at radius 3 is 2.61 bits per heavy atom. The fourth-order valence-corrected chi connectivity index (χ4v) is 3.84. The van der Waals surface area contributed by atoms with Gasteiger partial charge in [-0.25, -0.2) is 4.99 Å². The number of halogens is 2. The third-order valence-electron chi connectivity index (χ3n) is 5.25. The molecule has 1 aromatic heterocycles. The van der Waals surface area contributed by atoms with E-state index in [0.717, 1.165) is 22.1 Å². The highest BCUT2D eigenvalue weighted by Crippen LogP contribution is 2.18. The molecule has 8 heteroatoms. The van der Waals surface area contributed by atoms with Gasteiger partial charge in [0, 0.05) is 17.6 Å². The summed E-state index contributed by atoms with van der Waals surface area (Å²) in [6.07, 6.45) is 6.34. The molecule has 1 aliphatic carbocycles. The standard InChI is InChI=1S/C20H29BrN6.HI/c1-14-11-17(21)10-9-16(14)12-22-20(24-18-7-5-4-6-8-18)23-13-19-26-25-15(2)27(19)3;/h9-11,18H,4-8,12-13H2,1-3H3,(H2,22,23,24);1H. The maximum Gasteiger partial charge on any atom is 0.192 e. The highest BCUT2D eigenvalue weighted by molar-refractivity contribution is 14.0. The molecule has 1 aliphatic rings. The minimum absolute atomic E-state index is 0. The molecule has 3 rings (SSSR count). The lowest BCUT2D eigenvalue weighted by molar-refractivity contribution is 0.409. The van der Waals surface area contributed by atoms with Crippen molar-refractivity contribution in [3.63, 3.8) is 0 Å². The number of aromatic nitrogens is 3. The van der Waals surface area contributed by atoms with Crippen LogP contribution in [0.3, 0.4) is 0 Å². The van der Waals surface area contributed by atoms with Gasteiger partial charge in [-0.2, -0.15) is 0 Å². The lowest BCUT2D eigenvalue weighted by Crippen LogP contribution is -2.44. The zero-order valence-corrected chi connectivity index (χ0v) is 20.8. The highest BCUT2D eigenvalue weighted by Gasteiger charge is 2.15. The van der Waals surface area contributed by atoms with Gasteiger partial charge in [0.05, 0.1) is 13.1 Å². The second-order valence-corrected chi connectivity index (χ2v) is 8.21. The summed E-state index contributed by atoms with van der Waals surface area (Å²) < 4.78 is 3.11. The summed E-state index contributed by atoms with van der Waals surface area (Å²) >= 11 is 3.53. The minimum Gasteiger partial charge on any atom is -0.354 e. The second-order valence-electron chi connectivity index (χ2n) is 7.29. The highest BCUT2D eigenvalue weighted by atomic mass is 127. The van der Waals surface area contributed by atoms with Crippen LogP contribution >= 0.6 is 39.9 Å². The minimum atomic E-state index is 0. The molecular weight excluding hydrogens is 531 g/mol. The fourth-order valence-electron chi connectivity index (χ4n) is 3.36. The molecule has 0 bridgehead atoms. The van der Waals surface area contributed by atoms with E-state index in [2.05, 4.69) is 61.9 Å². The number of nitrogens with zero attached hydrogens (tertiary/aromatic N) is 4. The molecular formula is C20H30BrIN6. The summed E-state index contributed by atoms with van der Waals surface area (Å²) in [5.41, 5.74) is 2.48. The zero-order valence-electron chi connectivity index (χ0n) is 16.8. The molecule has 0 aliphatic heterocycles. The van der Waals surface area contributed by atoms with Crippen LogP contribution < -0.4 is 10.6 Å². The van der Waals surface area contributed by atoms with E-state index in [0.29, 0.717) is 19.1 Å². The molecule has 1 fully saturated rings. The van der Waals surface area contributed by atoms with Gasteiger partial charge in [0.25, 0.3) is 0 Å². The molecule has 0 saturated heterocycles. The van der Waals surface area contributed by atoms with Gasteiger partial charge in [0.1, 0.15) is 5.82 Å². The molecule has 2 N–H and O–H groups in total. The average Bonchev–Trinajstić information content (AvgIpc) is 2.98. The van der Waals surface area contributed by atoms with Crippen molar-refractivity contribution in [1.29, 1.82) is 0 Å². The van der Waals surface area contributed by atoms with Gasteiger partial charge >= 0.3 is 0 Å². The maximum absolute atomic E-state index is 4.85. The van der Waals surface area contributed by atoms with E-state index in [1.165, 1.54) is 43.2 Å². The molecule has 154 valence electrons. The molecule has 2 aromatic rings. The van der Waals surface area contributed by atoms with Crippen molar-refractivity contribution >= 4 is 45.9 Å². The first-order chi connectivity index (χ1) is 13.0. The summed E-state index contributed by atoms with van der Waals surface area (Å²) in [5, 5.41) is 15.4. The van der Waals surface area contributed by atoms with Gasteiger partial charge in [-0.15, -0.1) is 34.2 Å². The maximum atomic E-state index is 4.85. The van der Waals surface area contributed by atoms with Crippen LogP contribution in [0.2, 0.25) is 0 Å². The van der Waals surface area contributed by atoms with E-state index in [1.54, 1.807) is 0 Å². The summed E-state index contributed by atoms with van der Waals surface area (Å²) in [6.45, 7) is 5.34. The SMILES string of the molecule is Cc1cc(Br)ccc1CN=C(NCc1nnc(C)n1C)NC1CCCCC1.I. The Hall–Kier alpha value is -1.16. The predicted octanol–water partition coefficient (Wildman–Crippen LogP) is 4.38. The van der Waals surface area contributed by atoms with Crippen LogP contribution in [0.25, 0.3) is 0 Å². The zero-order chi connectivity index (χ0) is 19.2. The summed E-state index contributed by atoms with van der Waals surface area (Å²) in [4.78, 5) is 4.85. The normalized spacial score (nSPS) is 15.2. The molecule has 0 amide bonds. The van der Waals surface area contributed by atoms with Gasteiger partial charge in [-0.3, -0.25) is 0 Å². The van der Waals surface area contributed by atoms with E-state index in [4.69, 9.17) is 4.99 Å². The Bertz CT molecular complexity index is 798. The molecule has 0 unspecified atom stereocenters. The van der Waals surface area contributed by atoms with Gasteiger partial charge < -0.3 is 15.2 Å². The summed E-state index contributed by atoms with van der Waals surface area (Å²) in [5.74, 6) is 2.67. The number of hydrogen-bond acceptors (Lipinski definition) is 3. The number of hydrogen-bond donors (Lipinski definition) is 2. The average molecular weight is 561 g/mol. The number of guanidine groups is 1. The molecule has 1 aromatic carbocycles. The fraction of sp³-hybridized carbons (Fsp3) is 0.550. The van der Waals surface area contributed by atoms with E-state index < -0.39 is 0 Å². The first-order valence-corrected chi connectivity index (χ1v) is 10.5. The Balaban J connectivity index is 0.00000280. The van der Waals surface area contributed by atoms with Crippen molar-refractivity contribution in [2.75, 3.05) is 0 Å². The molecule has 28 heavy (non-hydrogen) atoms. The van der Waals surface area contributed by atoms with Crippen LogP contribution in [0.4, 0.5) is 0 Å². The van der Waals surface area contributed by atoms with Crippen LogP contribution in [0.1, 0.15) is 54.9 Å². The van der Waals surface area contributed by atoms with Crippen LogP contribution in [0.15, 0.2) is 27.7 Å². The van der Waals surface area contributed by atoms with Crippen molar-refractivity contribution in [2.45, 2.75) is 65.1 Å². The van der Waals surface area contributed by atoms with Crippen LogP contribution in [-0.4, -0.2) is 26.8 Å². The molecule has 0 atom stereocenters. The van der Waals surface area contributed by atoms with E-state index in [1.807, 2.05) is 18.5 Å². The number of rotatable bonds is 5. The number of benzene rings is 1.